The Kier molecular flexibility index (Phi) is 3.28. The fourth-order valence-electron chi connectivity index (χ4n) is 2.20. The molecule has 92 valence electrons. The molecule has 0 saturated carbocycles. The number of nitrogens with zero attached hydrogens (tertiary/aromatic N) is 2. The third kappa shape index (κ3) is 2.18. The number of aldehydes is 1. The minimum atomic E-state index is -0.305. The van der Waals surface area contributed by atoms with Gasteiger partial charge in [-0.3, -0.25) is 9.59 Å². The summed E-state index contributed by atoms with van der Waals surface area (Å²) in [5, 5.41) is 9.09. The van der Waals surface area contributed by atoms with Crippen LogP contribution in [0, 0.1) is 17.2 Å². The lowest BCUT2D eigenvalue weighted by molar-refractivity contribution is -0.121. The van der Waals surface area contributed by atoms with Gasteiger partial charge in [0.15, 0.2) is 0 Å². The van der Waals surface area contributed by atoms with Crippen LogP contribution in [0.5, 0.6) is 0 Å². The summed E-state index contributed by atoms with van der Waals surface area (Å²) >= 11 is 0. The van der Waals surface area contributed by atoms with E-state index in [1.54, 1.807) is 18.2 Å². The molecule has 0 aliphatic carbocycles. The molecule has 1 aromatic rings. The molecule has 1 heterocycles. The zero-order valence-electron chi connectivity index (χ0n) is 9.80. The second-order valence-corrected chi connectivity index (χ2v) is 4.34. The molecule has 1 aliphatic rings. The molecule has 18 heavy (non-hydrogen) atoms. The van der Waals surface area contributed by atoms with Crippen molar-refractivity contribution in [1.82, 2.24) is 0 Å². The molecule has 0 bridgehead atoms. The van der Waals surface area contributed by atoms with Gasteiger partial charge in [0, 0.05) is 18.7 Å². The minimum Gasteiger partial charge on any atom is -0.370 e. The molecule has 1 aromatic carbocycles. The van der Waals surface area contributed by atoms with E-state index in [4.69, 9.17) is 11.0 Å². The number of anilines is 1. The largest absolute Gasteiger partial charge is 0.370 e. The Balaban J connectivity index is 2.27. The predicted octanol–water partition coefficient (Wildman–Crippen LogP) is 0.682. The van der Waals surface area contributed by atoms with Gasteiger partial charge in [0.2, 0.25) is 5.91 Å². The van der Waals surface area contributed by atoms with E-state index in [1.807, 2.05) is 4.90 Å². The number of primary amides is 1. The van der Waals surface area contributed by atoms with Gasteiger partial charge < -0.3 is 10.6 Å². The van der Waals surface area contributed by atoms with Crippen molar-refractivity contribution in [2.75, 3.05) is 18.0 Å². The van der Waals surface area contributed by atoms with Gasteiger partial charge in [-0.1, -0.05) is 0 Å². The van der Waals surface area contributed by atoms with E-state index < -0.39 is 0 Å². The van der Waals surface area contributed by atoms with Crippen LogP contribution in [0.1, 0.15) is 22.3 Å². The Morgan fingerprint density at radius 3 is 2.89 bits per heavy atom. The fourth-order valence-corrected chi connectivity index (χ4v) is 2.20. The SMILES string of the molecule is N#Cc1cc(C=O)ccc1N1CCC(C(N)=O)C1. The number of nitrogens with two attached hydrogens (primary N) is 1. The highest BCUT2D eigenvalue weighted by atomic mass is 16.1. The van der Waals surface area contributed by atoms with Crippen molar-refractivity contribution in [1.29, 1.82) is 5.26 Å². The maximum atomic E-state index is 11.1. The molecular weight excluding hydrogens is 230 g/mol. The van der Waals surface area contributed by atoms with Crippen molar-refractivity contribution in [2.45, 2.75) is 6.42 Å². The quantitative estimate of drug-likeness (QED) is 0.791. The summed E-state index contributed by atoms with van der Waals surface area (Å²) in [4.78, 5) is 23.7. The van der Waals surface area contributed by atoms with Gasteiger partial charge in [0.25, 0.3) is 0 Å². The normalized spacial score (nSPS) is 18.4. The van der Waals surface area contributed by atoms with Crippen LogP contribution in [-0.4, -0.2) is 25.3 Å². The van der Waals surface area contributed by atoms with Crippen molar-refractivity contribution < 1.29 is 9.59 Å². The van der Waals surface area contributed by atoms with Crippen LogP contribution in [0.3, 0.4) is 0 Å². The van der Waals surface area contributed by atoms with Crippen molar-refractivity contribution in [2.24, 2.45) is 11.7 Å². The number of hydrogen-bond donors (Lipinski definition) is 1. The summed E-state index contributed by atoms with van der Waals surface area (Å²) in [6.45, 7) is 1.23. The average Bonchev–Trinajstić information content (AvgIpc) is 2.87. The topological polar surface area (TPSA) is 87.2 Å². The number of hydrogen-bond acceptors (Lipinski definition) is 4. The molecule has 1 unspecified atom stereocenters. The van der Waals surface area contributed by atoms with Gasteiger partial charge in [-0.2, -0.15) is 5.26 Å². The van der Waals surface area contributed by atoms with E-state index in [1.165, 1.54) is 0 Å². The zero-order chi connectivity index (χ0) is 13.1. The molecule has 2 N–H and O–H groups in total. The first-order valence-corrected chi connectivity index (χ1v) is 5.69. The number of benzene rings is 1. The van der Waals surface area contributed by atoms with Gasteiger partial charge >= 0.3 is 0 Å². The monoisotopic (exact) mass is 243 g/mol. The van der Waals surface area contributed by atoms with Gasteiger partial charge in [-0.15, -0.1) is 0 Å². The van der Waals surface area contributed by atoms with E-state index in [9.17, 15) is 9.59 Å². The minimum absolute atomic E-state index is 0.165. The molecule has 1 amide bonds. The zero-order valence-corrected chi connectivity index (χ0v) is 9.80. The summed E-state index contributed by atoms with van der Waals surface area (Å²) in [5.41, 5.74) is 6.96. The van der Waals surface area contributed by atoms with Gasteiger partial charge in [-0.05, 0) is 24.6 Å². The number of carbonyl (C=O) groups is 2. The maximum absolute atomic E-state index is 11.1. The molecule has 2 rings (SSSR count). The number of carbonyl (C=O) groups excluding carboxylic acids is 2. The van der Waals surface area contributed by atoms with Crippen LogP contribution in [0.25, 0.3) is 0 Å². The Morgan fingerprint density at radius 1 is 1.56 bits per heavy atom. The van der Waals surface area contributed by atoms with Gasteiger partial charge in [0.05, 0.1) is 17.2 Å². The van der Waals surface area contributed by atoms with Crippen molar-refractivity contribution in [3.63, 3.8) is 0 Å². The Labute approximate surface area is 105 Å². The second-order valence-electron chi connectivity index (χ2n) is 4.34. The Hall–Kier alpha value is -2.35. The lowest BCUT2D eigenvalue weighted by Gasteiger charge is -2.19. The molecule has 1 fully saturated rings. The van der Waals surface area contributed by atoms with E-state index in [-0.39, 0.29) is 11.8 Å². The number of rotatable bonds is 3. The molecule has 0 radical (unpaired) electrons. The summed E-state index contributed by atoms with van der Waals surface area (Å²) < 4.78 is 0. The number of amides is 1. The second kappa shape index (κ2) is 4.88. The third-order valence-corrected chi connectivity index (χ3v) is 3.21. The Morgan fingerprint density at radius 2 is 2.33 bits per heavy atom. The molecule has 1 aliphatic heterocycles. The standard InChI is InChI=1S/C13H13N3O2/c14-6-11-5-9(8-17)1-2-12(11)16-4-3-10(7-16)13(15)18/h1-2,5,8,10H,3-4,7H2,(H2,15,18). The predicted molar refractivity (Wildman–Crippen MR) is 66.1 cm³/mol. The first-order valence-electron chi connectivity index (χ1n) is 5.69. The van der Waals surface area contributed by atoms with Gasteiger partial charge in [-0.25, -0.2) is 0 Å². The van der Waals surface area contributed by atoms with E-state index in [2.05, 4.69) is 6.07 Å². The van der Waals surface area contributed by atoms with Crippen molar-refractivity contribution in [3.05, 3.63) is 29.3 Å². The lowest BCUT2D eigenvalue weighted by Crippen LogP contribution is -2.27. The lowest BCUT2D eigenvalue weighted by atomic mass is 10.1. The average molecular weight is 243 g/mol. The molecule has 0 spiro atoms. The van der Waals surface area contributed by atoms with Crippen LogP contribution in [0.2, 0.25) is 0 Å². The molecule has 5 heteroatoms. The van der Waals surface area contributed by atoms with Gasteiger partial charge in [0.1, 0.15) is 12.4 Å². The first-order chi connectivity index (χ1) is 8.65. The summed E-state index contributed by atoms with van der Waals surface area (Å²) in [5.74, 6) is -0.470. The van der Waals surface area contributed by atoms with Crippen LogP contribution in [0.15, 0.2) is 18.2 Å². The van der Waals surface area contributed by atoms with E-state index in [0.29, 0.717) is 36.9 Å². The summed E-state index contributed by atoms with van der Waals surface area (Å²) in [6, 6.07) is 7.04. The van der Waals surface area contributed by atoms with Crippen LogP contribution in [-0.2, 0) is 4.79 Å². The highest BCUT2D eigenvalue weighted by molar-refractivity contribution is 5.80. The number of nitriles is 1. The van der Waals surface area contributed by atoms with Crippen LogP contribution >= 0.6 is 0 Å². The molecular formula is C13H13N3O2. The molecule has 5 nitrogen and oxygen atoms in total. The summed E-state index contributed by atoms with van der Waals surface area (Å²) in [7, 11) is 0. The highest BCUT2D eigenvalue weighted by Gasteiger charge is 2.27. The first kappa shape index (κ1) is 12.1. The Bertz CT molecular complexity index is 534. The smallest absolute Gasteiger partial charge is 0.222 e. The van der Waals surface area contributed by atoms with E-state index in [0.717, 1.165) is 5.69 Å². The molecule has 1 atom stereocenters. The highest BCUT2D eigenvalue weighted by Crippen LogP contribution is 2.27. The fraction of sp³-hybridized carbons (Fsp3) is 0.308. The summed E-state index contributed by atoms with van der Waals surface area (Å²) in [6.07, 6.45) is 1.41. The van der Waals surface area contributed by atoms with E-state index >= 15 is 0 Å². The van der Waals surface area contributed by atoms with Crippen LogP contribution < -0.4 is 10.6 Å². The van der Waals surface area contributed by atoms with Crippen molar-refractivity contribution in [3.8, 4) is 6.07 Å². The van der Waals surface area contributed by atoms with Crippen LogP contribution in [0.4, 0.5) is 5.69 Å². The maximum Gasteiger partial charge on any atom is 0.222 e. The molecule has 0 aromatic heterocycles. The van der Waals surface area contributed by atoms with Crippen molar-refractivity contribution >= 4 is 17.9 Å². The third-order valence-electron chi connectivity index (χ3n) is 3.21. The molecule has 1 saturated heterocycles.